The minimum absolute atomic E-state index is 0.624. The molecule has 13 heavy (non-hydrogen) atoms. The molecule has 1 aromatic carbocycles. The molecular weight excluding hydrogens is 156 g/mol. The van der Waals surface area contributed by atoms with Crippen molar-refractivity contribution in [3.63, 3.8) is 0 Å². The van der Waals surface area contributed by atoms with E-state index in [2.05, 4.69) is 51.6 Å². The van der Waals surface area contributed by atoms with E-state index < -0.39 is 0 Å². The van der Waals surface area contributed by atoms with Crippen LogP contribution in [-0.4, -0.2) is 0 Å². The molecule has 0 nitrogen and oxygen atoms in total. The summed E-state index contributed by atoms with van der Waals surface area (Å²) in [7, 11) is 0. The molecule has 70 valence electrons. The van der Waals surface area contributed by atoms with Gasteiger partial charge in [-0.1, -0.05) is 50.3 Å². The zero-order chi connectivity index (χ0) is 9.84. The van der Waals surface area contributed by atoms with Crippen molar-refractivity contribution >= 4 is 0 Å². The molecule has 0 aromatic heterocycles. The number of benzene rings is 1. The molecule has 0 saturated heterocycles. The molecular formula is C13H18. The summed E-state index contributed by atoms with van der Waals surface area (Å²) in [6.45, 7) is 10.4. The van der Waals surface area contributed by atoms with Crippen molar-refractivity contribution in [2.24, 2.45) is 0 Å². The molecule has 0 amide bonds. The van der Waals surface area contributed by atoms with Crippen molar-refractivity contribution in [3.05, 3.63) is 47.5 Å². The topological polar surface area (TPSA) is 0 Å². The van der Waals surface area contributed by atoms with Crippen LogP contribution < -0.4 is 0 Å². The first-order valence-electron chi connectivity index (χ1n) is 4.83. The SMILES string of the molecule is C=C(C)Cc1ccc(C(C)C)cc1. The average molecular weight is 174 g/mol. The Morgan fingerprint density at radius 2 is 1.77 bits per heavy atom. The van der Waals surface area contributed by atoms with Crippen LogP contribution in [0.25, 0.3) is 0 Å². The van der Waals surface area contributed by atoms with Gasteiger partial charge < -0.3 is 0 Å². The van der Waals surface area contributed by atoms with Gasteiger partial charge in [0.25, 0.3) is 0 Å². The Balaban J connectivity index is 2.75. The normalized spacial score (nSPS) is 10.5. The minimum atomic E-state index is 0.624. The Morgan fingerprint density at radius 3 is 2.15 bits per heavy atom. The minimum Gasteiger partial charge on any atom is -0.0998 e. The molecule has 0 radical (unpaired) electrons. The summed E-state index contributed by atoms with van der Waals surface area (Å²) in [5.74, 6) is 0.624. The first kappa shape index (κ1) is 10.0. The zero-order valence-corrected chi connectivity index (χ0v) is 8.80. The van der Waals surface area contributed by atoms with Gasteiger partial charge in [0.2, 0.25) is 0 Å². The molecule has 0 fully saturated rings. The Morgan fingerprint density at radius 1 is 1.23 bits per heavy atom. The van der Waals surface area contributed by atoms with Crippen LogP contribution in [0.3, 0.4) is 0 Å². The van der Waals surface area contributed by atoms with Gasteiger partial charge >= 0.3 is 0 Å². The van der Waals surface area contributed by atoms with Gasteiger partial charge in [0.05, 0.1) is 0 Å². The van der Waals surface area contributed by atoms with Crippen LogP contribution >= 0.6 is 0 Å². The summed E-state index contributed by atoms with van der Waals surface area (Å²) in [5, 5.41) is 0. The van der Waals surface area contributed by atoms with Gasteiger partial charge in [-0.2, -0.15) is 0 Å². The van der Waals surface area contributed by atoms with Crippen LogP contribution in [0.2, 0.25) is 0 Å². The van der Waals surface area contributed by atoms with Gasteiger partial charge in [-0.25, -0.2) is 0 Å². The van der Waals surface area contributed by atoms with E-state index in [9.17, 15) is 0 Å². The summed E-state index contributed by atoms with van der Waals surface area (Å²) < 4.78 is 0. The van der Waals surface area contributed by atoms with E-state index in [0.29, 0.717) is 5.92 Å². The highest BCUT2D eigenvalue weighted by atomic mass is 14.0. The predicted molar refractivity (Wildman–Crippen MR) is 59.0 cm³/mol. The maximum absolute atomic E-state index is 3.91. The molecule has 0 heterocycles. The van der Waals surface area contributed by atoms with Crippen molar-refractivity contribution < 1.29 is 0 Å². The lowest BCUT2D eigenvalue weighted by atomic mass is 10.00. The van der Waals surface area contributed by atoms with Crippen molar-refractivity contribution in [3.8, 4) is 0 Å². The Labute approximate surface area is 81.3 Å². The Kier molecular flexibility index (Phi) is 3.30. The standard InChI is InChI=1S/C13H18/c1-10(2)9-12-5-7-13(8-6-12)11(3)4/h5-8,11H,1,9H2,2-4H3. The molecule has 0 aliphatic heterocycles. The second-order valence-corrected chi connectivity index (χ2v) is 4.03. The van der Waals surface area contributed by atoms with E-state index in [1.165, 1.54) is 16.7 Å². The third kappa shape index (κ3) is 3.06. The molecule has 0 saturated carbocycles. The number of allylic oxidation sites excluding steroid dienone is 1. The third-order valence-corrected chi connectivity index (χ3v) is 2.15. The van der Waals surface area contributed by atoms with Gasteiger partial charge in [0, 0.05) is 0 Å². The van der Waals surface area contributed by atoms with Crippen LogP contribution in [-0.2, 0) is 6.42 Å². The first-order valence-corrected chi connectivity index (χ1v) is 4.83. The highest BCUT2D eigenvalue weighted by Gasteiger charge is 1.98. The molecule has 0 aliphatic carbocycles. The van der Waals surface area contributed by atoms with Crippen LogP contribution in [0.5, 0.6) is 0 Å². The maximum atomic E-state index is 3.91. The summed E-state index contributed by atoms with van der Waals surface area (Å²) in [5.41, 5.74) is 3.99. The van der Waals surface area contributed by atoms with Gasteiger partial charge in [0.15, 0.2) is 0 Å². The highest BCUT2D eigenvalue weighted by Crippen LogP contribution is 2.15. The smallest absolute Gasteiger partial charge is 0.00726 e. The lowest BCUT2D eigenvalue weighted by Gasteiger charge is -2.06. The van der Waals surface area contributed by atoms with Crippen LogP contribution in [0.4, 0.5) is 0 Å². The average Bonchev–Trinajstić information content (AvgIpc) is 2.04. The molecule has 0 heteroatoms. The number of rotatable bonds is 3. The first-order chi connectivity index (χ1) is 6.09. The quantitative estimate of drug-likeness (QED) is 0.609. The second-order valence-electron chi connectivity index (χ2n) is 4.03. The second kappa shape index (κ2) is 4.27. The molecule has 0 atom stereocenters. The highest BCUT2D eigenvalue weighted by molar-refractivity contribution is 5.26. The van der Waals surface area contributed by atoms with Crippen molar-refractivity contribution in [1.29, 1.82) is 0 Å². The van der Waals surface area contributed by atoms with E-state index in [4.69, 9.17) is 0 Å². The fourth-order valence-corrected chi connectivity index (χ4v) is 1.37. The van der Waals surface area contributed by atoms with E-state index in [1.54, 1.807) is 0 Å². The van der Waals surface area contributed by atoms with Crippen LogP contribution in [0.1, 0.15) is 37.8 Å². The fraction of sp³-hybridized carbons (Fsp3) is 0.385. The summed E-state index contributed by atoms with van der Waals surface area (Å²) >= 11 is 0. The lowest BCUT2D eigenvalue weighted by Crippen LogP contribution is -1.89. The van der Waals surface area contributed by atoms with E-state index >= 15 is 0 Å². The van der Waals surface area contributed by atoms with Crippen molar-refractivity contribution in [2.75, 3.05) is 0 Å². The van der Waals surface area contributed by atoms with Gasteiger partial charge in [0.1, 0.15) is 0 Å². The third-order valence-electron chi connectivity index (χ3n) is 2.15. The number of hydrogen-bond donors (Lipinski definition) is 0. The zero-order valence-electron chi connectivity index (χ0n) is 8.80. The van der Waals surface area contributed by atoms with E-state index in [0.717, 1.165) is 6.42 Å². The van der Waals surface area contributed by atoms with Gasteiger partial charge in [-0.3, -0.25) is 0 Å². The Hall–Kier alpha value is -1.04. The summed E-state index contributed by atoms with van der Waals surface area (Å²) in [6, 6.07) is 8.82. The summed E-state index contributed by atoms with van der Waals surface area (Å²) in [4.78, 5) is 0. The monoisotopic (exact) mass is 174 g/mol. The van der Waals surface area contributed by atoms with Gasteiger partial charge in [-0.05, 0) is 30.4 Å². The van der Waals surface area contributed by atoms with Crippen molar-refractivity contribution in [2.45, 2.75) is 33.1 Å². The van der Waals surface area contributed by atoms with Crippen LogP contribution in [0, 0.1) is 0 Å². The van der Waals surface area contributed by atoms with Crippen molar-refractivity contribution in [1.82, 2.24) is 0 Å². The lowest BCUT2D eigenvalue weighted by molar-refractivity contribution is 0.865. The molecule has 0 spiro atoms. The fourth-order valence-electron chi connectivity index (χ4n) is 1.37. The molecule has 1 aromatic rings. The van der Waals surface area contributed by atoms with Crippen LogP contribution in [0.15, 0.2) is 36.4 Å². The molecule has 0 bridgehead atoms. The van der Waals surface area contributed by atoms with E-state index in [1.807, 2.05) is 0 Å². The maximum Gasteiger partial charge on any atom is -0.00726 e. The molecule has 0 unspecified atom stereocenters. The van der Waals surface area contributed by atoms with E-state index in [-0.39, 0.29) is 0 Å². The number of hydrogen-bond acceptors (Lipinski definition) is 0. The largest absolute Gasteiger partial charge is 0.0998 e. The molecule has 0 N–H and O–H groups in total. The predicted octanol–water partition coefficient (Wildman–Crippen LogP) is 3.93. The molecule has 1 rings (SSSR count). The Bertz CT molecular complexity index is 277. The summed E-state index contributed by atoms with van der Waals surface area (Å²) in [6.07, 6.45) is 0.998. The van der Waals surface area contributed by atoms with Gasteiger partial charge in [-0.15, -0.1) is 0 Å². The molecule has 0 aliphatic rings.